The van der Waals surface area contributed by atoms with E-state index >= 15 is 0 Å². The van der Waals surface area contributed by atoms with Crippen LogP contribution in [-0.4, -0.2) is 12.6 Å². The Hall–Kier alpha value is -1.02. The fourth-order valence-corrected chi connectivity index (χ4v) is 2.10. The third-order valence-electron chi connectivity index (χ3n) is 3.31. The van der Waals surface area contributed by atoms with E-state index in [1.165, 1.54) is 24.8 Å². The summed E-state index contributed by atoms with van der Waals surface area (Å²) in [6, 6.07) is 8.95. The molecule has 0 spiro atoms. The van der Waals surface area contributed by atoms with Gasteiger partial charge in [0.05, 0.1) is 6.61 Å². The smallest absolute Gasteiger partial charge is 0.119 e. The van der Waals surface area contributed by atoms with E-state index in [4.69, 9.17) is 4.74 Å². The number of ether oxygens (including phenoxy) is 1. The predicted molar refractivity (Wildman–Crippen MR) is 82.6 cm³/mol. The molecule has 0 aliphatic rings. The summed E-state index contributed by atoms with van der Waals surface area (Å²) in [6.45, 7) is 10.5. The van der Waals surface area contributed by atoms with E-state index < -0.39 is 0 Å². The topological polar surface area (TPSA) is 21.3 Å². The van der Waals surface area contributed by atoms with Crippen LogP contribution in [-0.2, 0) is 6.54 Å². The monoisotopic (exact) mass is 263 g/mol. The standard InChI is InChI=1S/C17H29NO/c1-5-19-17-11-9-16(10-12-17)13-18-15(4)8-6-7-14(2)3/h9-12,14-15,18H,5-8,13H2,1-4H3. The van der Waals surface area contributed by atoms with Gasteiger partial charge in [-0.2, -0.15) is 0 Å². The highest BCUT2D eigenvalue weighted by Crippen LogP contribution is 2.13. The summed E-state index contributed by atoms with van der Waals surface area (Å²) in [6.07, 6.45) is 3.90. The van der Waals surface area contributed by atoms with Crippen LogP contribution in [0.2, 0.25) is 0 Å². The lowest BCUT2D eigenvalue weighted by molar-refractivity contribution is 0.340. The second kappa shape index (κ2) is 8.98. The molecule has 0 aliphatic heterocycles. The predicted octanol–water partition coefficient (Wildman–Crippen LogP) is 4.39. The van der Waals surface area contributed by atoms with Crippen LogP contribution in [0.15, 0.2) is 24.3 Å². The number of benzene rings is 1. The molecule has 0 amide bonds. The maximum atomic E-state index is 5.44. The van der Waals surface area contributed by atoms with E-state index in [1.54, 1.807) is 0 Å². The van der Waals surface area contributed by atoms with Gasteiger partial charge >= 0.3 is 0 Å². The van der Waals surface area contributed by atoms with E-state index in [2.05, 4.69) is 38.2 Å². The van der Waals surface area contributed by atoms with Crippen LogP contribution in [0.5, 0.6) is 5.75 Å². The quantitative estimate of drug-likeness (QED) is 0.713. The Morgan fingerprint density at radius 2 is 1.74 bits per heavy atom. The lowest BCUT2D eigenvalue weighted by atomic mass is 10.0. The minimum absolute atomic E-state index is 0.588. The fourth-order valence-electron chi connectivity index (χ4n) is 2.10. The van der Waals surface area contributed by atoms with Crippen molar-refractivity contribution < 1.29 is 4.74 Å². The van der Waals surface area contributed by atoms with Gasteiger partial charge in [-0.1, -0.05) is 38.8 Å². The lowest BCUT2D eigenvalue weighted by Gasteiger charge is -2.14. The molecule has 1 rings (SSSR count). The molecule has 0 radical (unpaired) electrons. The Bertz CT molecular complexity index is 332. The zero-order chi connectivity index (χ0) is 14.1. The molecule has 2 heteroatoms. The highest BCUT2D eigenvalue weighted by Gasteiger charge is 2.03. The maximum Gasteiger partial charge on any atom is 0.119 e. The van der Waals surface area contributed by atoms with Crippen molar-refractivity contribution in [3.63, 3.8) is 0 Å². The van der Waals surface area contributed by atoms with E-state index in [0.717, 1.165) is 24.8 Å². The third kappa shape index (κ3) is 7.22. The summed E-state index contributed by atoms with van der Waals surface area (Å²) in [5, 5.41) is 3.58. The maximum absolute atomic E-state index is 5.44. The van der Waals surface area contributed by atoms with Crippen LogP contribution in [0.1, 0.15) is 52.5 Å². The first kappa shape index (κ1) is 16.0. The molecule has 0 aromatic heterocycles. The van der Waals surface area contributed by atoms with Crippen molar-refractivity contribution in [1.82, 2.24) is 5.32 Å². The first-order chi connectivity index (χ1) is 9.11. The lowest BCUT2D eigenvalue weighted by Crippen LogP contribution is -2.25. The van der Waals surface area contributed by atoms with Crippen LogP contribution < -0.4 is 10.1 Å². The molecule has 1 aromatic rings. The molecule has 0 fully saturated rings. The largest absolute Gasteiger partial charge is 0.494 e. The van der Waals surface area contributed by atoms with Gasteiger partial charge in [0.1, 0.15) is 5.75 Å². The summed E-state index contributed by atoms with van der Waals surface area (Å²) in [4.78, 5) is 0. The molecule has 0 bridgehead atoms. The van der Waals surface area contributed by atoms with Gasteiger partial charge in [-0.25, -0.2) is 0 Å². The second-order valence-electron chi connectivity index (χ2n) is 5.68. The molecule has 1 atom stereocenters. The molecule has 0 saturated heterocycles. The molecular formula is C17H29NO. The van der Waals surface area contributed by atoms with E-state index in [9.17, 15) is 0 Å². The van der Waals surface area contributed by atoms with Gasteiger partial charge < -0.3 is 10.1 Å². The molecule has 1 N–H and O–H groups in total. The van der Waals surface area contributed by atoms with Crippen LogP contribution >= 0.6 is 0 Å². The Labute approximate surface area is 118 Å². The van der Waals surface area contributed by atoms with E-state index in [1.807, 2.05) is 19.1 Å². The summed E-state index contributed by atoms with van der Waals surface area (Å²) in [7, 11) is 0. The average Bonchev–Trinajstić information content (AvgIpc) is 2.38. The minimum atomic E-state index is 0.588. The Kier molecular flexibility index (Phi) is 7.57. The summed E-state index contributed by atoms with van der Waals surface area (Å²) < 4.78 is 5.44. The average molecular weight is 263 g/mol. The summed E-state index contributed by atoms with van der Waals surface area (Å²) in [5.41, 5.74) is 1.32. The first-order valence-corrected chi connectivity index (χ1v) is 7.57. The normalized spacial score (nSPS) is 12.7. The Morgan fingerprint density at radius 1 is 1.05 bits per heavy atom. The minimum Gasteiger partial charge on any atom is -0.494 e. The second-order valence-corrected chi connectivity index (χ2v) is 5.68. The van der Waals surface area contributed by atoms with Gasteiger partial charge in [-0.15, -0.1) is 0 Å². The third-order valence-corrected chi connectivity index (χ3v) is 3.31. The fraction of sp³-hybridized carbons (Fsp3) is 0.647. The Morgan fingerprint density at radius 3 is 2.32 bits per heavy atom. The van der Waals surface area contributed by atoms with Gasteiger partial charge in [-0.3, -0.25) is 0 Å². The molecule has 0 aliphatic carbocycles. The van der Waals surface area contributed by atoms with E-state index in [-0.39, 0.29) is 0 Å². The SMILES string of the molecule is CCOc1ccc(CNC(C)CCCC(C)C)cc1. The van der Waals surface area contributed by atoms with Gasteiger partial charge in [0.15, 0.2) is 0 Å². The molecule has 2 nitrogen and oxygen atoms in total. The first-order valence-electron chi connectivity index (χ1n) is 7.57. The number of hydrogen-bond donors (Lipinski definition) is 1. The van der Waals surface area contributed by atoms with Crippen LogP contribution in [0.25, 0.3) is 0 Å². The molecule has 1 aromatic carbocycles. The highest BCUT2D eigenvalue weighted by atomic mass is 16.5. The molecule has 0 heterocycles. The molecule has 19 heavy (non-hydrogen) atoms. The summed E-state index contributed by atoms with van der Waals surface area (Å²) in [5.74, 6) is 1.77. The van der Waals surface area contributed by atoms with Crippen molar-refractivity contribution in [2.24, 2.45) is 5.92 Å². The molecule has 1 unspecified atom stereocenters. The zero-order valence-corrected chi connectivity index (χ0v) is 12.9. The van der Waals surface area contributed by atoms with Crippen LogP contribution in [0, 0.1) is 5.92 Å². The van der Waals surface area contributed by atoms with Crippen LogP contribution in [0.4, 0.5) is 0 Å². The van der Waals surface area contributed by atoms with Crippen molar-refractivity contribution in [3.05, 3.63) is 29.8 Å². The van der Waals surface area contributed by atoms with Crippen LogP contribution in [0.3, 0.4) is 0 Å². The zero-order valence-electron chi connectivity index (χ0n) is 12.9. The van der Waals surface area contributed by atoms with Crippen molar-refractivity contribution >= 4 is 0 Å². The Balaban J connectivity index is 2.23. The van der Waals surface area contributed by atoms with Crippen molar-refractivity contribution in [2.75, 3.05) is 6.61 Å². The number of nitrogens with one attached hydrogen (secondary N) is 1. The van der Waals surface area contributed by atoms with Crippen molar-refractivity contribution in [2.45, 2.75) is 59.5 Å². The van der Waals surface area contributed by atoms with Gasteiger partial charge in [-0.05, 0) is 43.9 Å². The highest BCUT2D eigenvalue weighted by molar-refractivity contribution is 5.27. The number of hydrogen-bond acceptors (Lipinski definition) is 2. The van der Waals surface area contributed by atoms with Crippen molar-refractivity contribution in [1.29, 1.82) is 0 Å². The molecule has 0 saturated carbocycles. The van der Waals surface area contributed by atoms with Gasteiger partial charge in [0.2, 0.25) is 0 Å². The molecule has 108 valence electrons. The molecular weight excluding hydrogens is 234 g/mol. The summed E-state index contributed by atoms with van der Waals surface area (Å²) >= 11 is 0. The van der Waals surface area contributed by atoms with E-state index in [0.29, 0.717) is 6.04 Å². The van der Waals surface area contributed by atoms with Gasteiger partial charge in [0, 0.05) is 12.6 Å². The van der Waals surface area contributed by atoms with Gasteiger partial charge in [0.25, 0.3) is 0 Å². The van der Waals surface area contributed by atoms with Crippen molar-refractivity contribution in [3.8, 4) is 5.75 Å². The number of rotatable bonds is 9.